The zero-order chi connectivity index (χ0) is 15.0. The molecule has 0 heterocycles. The number of alkyl halides is 3. The van der Waals surface area contributed by atoms with Crippen LogP contribution >= 0.6 is 12.4 Å². The Morgan fingerprint density at radius 3 is 2.05 bits per heavy atom. The first-order valence-electron chi connectivity index (χ1n) is 5.75. The molecule has 2 nitrogen and oxygen atoms in total. The highest BCUT2D eigenvalue weighted by Crippen LogP contribution is 2.34. The average molecular weight is 316 g/mol. The minimum Gasteiger partial charge on any atom is -0.391 e. The summed E-state index contributed by atoms with van der Waals surface area (Å²) < 4.78 is 51.3. The van der Waals surface area contributed by atoms with Crippen molar-refractivity contribution in [2.75, 3.05) is 0 Å². The van der Waals surface area contributed by atoms with Crippen molar-refractivity contribution in [2.45, 2.75) is 39.1 Å². The third-order valence-electron chi connectivity index (χ3n) is 2.91. The van der Waals surface area contributed by atoms with Crippen LogP contribution in [0, 0.1) is 11.2 Å². The summed E-state index contributed by atoms with van der Waals surface area (Å²) in [5.41, 5.74) is 3.69. The molecule has 0 saturated carbocycles. The first kappa shape index (κ1) is 19.1. The standard InChI is InChI=1S/C13H17F4NO.ClH/c1-12(2,3)11(19)10(18)8-6-7(13(15,16)17)4-5-9(8)14;/h4-6,10-11,19H,18H2,1-3H3;1H/t10-,11-;/m0./s1. The van der Waals surface area contributed by atoms with E-state index < -0.39 is 35.1 Å². The fraction of sp³-hybridized carbons (Fsp3) is 0.538. The van der Waals surface area contributed by atoms with Crippen LogP contribution in [0.4, 0.5) is 17.6 Å². The van der Waals surface area contributed by atoms with E-state index in [1.54, 1.807) is 20.8 Å². The van der Waals surface area contributed by atoms with Crippen LogP contribution in [0.2, 0.25) is 0 Å². The number of benzene rings is 1. The smallest absolute Gasteiger partial charge is 0.391 e. The van der Waals surface area contributed by atoms with Crippen LogP contribution in [0.1, 0.15) is 37.9 Å². The second-order valence-electron chi connectivity index (χ2n) is 5.57. The third kappa shape index (κ3) is 4.33. The SMILES string of the molecule is CC(C)(C)[C@@H](O)[C@@H](N)c1cc(C(F)(F)F)ccc1F.Cl. The minimum absolute atomic E-state index is 0. The normalized spacial score (nSPS) is 15.4. The van der Waals surface area contributed by atoms with Gasteiger partial charge in [0.2, 0.25) is 0 Å². The quantitative estimate of drug-likeness (QED) is 0.818. The molecule has 0 fully saturated rings. The zero-order valence-corrected chi connectivity index (χ0v) is 12.1. The molecule has 0 aliphatic carbocycles. The molecule has 116 valence electrons. The Morgan fingerprint density at radius 2 is 1.65 bits per heavy atom. The van der Waals surface area contributed by atoms with Crippen molar-refractivity contribution >= 4 is 12.4 Å². The van der Waals surface area contributed by atoms with Gasteiger partial charge in [-0.15, -0.1) is 12.4 Å². The lowest BCUT2D eigenvalue weighted by Gasteiger charge is -2.31. The number of aliphatic hydroxyl groups excluding tert-OH is 1. The molecule has 0 bridgehead atoms. The molecule has 0 spiro atoms. The van der Waals surface area contributed by atoms with Gasteiger partial charge in [0.25, 0.3) is 0 Å². The monoisotopic (exact) mass is 315 g/mol. The zero-order valence-electron chi connectivity index (χ0n) is 11.3. The summed E-state index contributed by atoms with van der Waals surface area (Å²) in [7, 11) is 0. The molecule has 1 aromatic carbocycles. The molecule has 1 aromatic rings. The maximum atomic E-state index is 13.6. The third-order valence-corrected chi connectivity index (χ3v) is 2.91. The summed E-state index contributed by atoms with van der Waals surface area (Å²) in [5, 5.41) is 9.95. The molecule has 0 aliphatic rings. The van der Waals surface area contributed by atoms with Gasteiger partial charge in [0.05, 0.1) is 17.7 Å². The van der Waals surface area contributed by atoms with E-state index >= 15 is 0 Å². The summed E-state index contributed by atoms with van der Waals surface area (Å²) in [4.78, 5) is 0. The van der Waals surface area contributed by atoms with Crippen molar-refractivity contribution < 1.29 is 22.7 Å². The van der Waals surface area contributed by atoms with E-state index in [4.69, 9.17) is 5.73 Å². The molecular formula is C13H18ClF4NO. The highest BCUT2D eigenvalue weighted by Gasteiger charge is 2.34. The highest BCUT2D eigenvalue weighted by molar-refractivity contribution is 5.85. The number of rotatable bonds is 2. The molecular weight excluding hydrogens is 298 g/mol. The molecule has 0 unspecified atom stereocenters. The van der Waals surface area contributed by atoms with Gasteiger partial charge in [-0.05, 0) is 23.6 Å². The largest absolute Gasteiger partial charge is 0.416 e. The van der Waals surface area contributed by atoms with E-state index in [0.29, 0.717) is 18.2 Å². The van der Waals surface area contributed by atoms with Gasteiger partial charge in [-0.25, -0.2) is 4.39 Å². The molecule has 0 saturated heterocycles. The Balaban J connectivity index is 0.00000361. The van der Waals surface area contributed by atoms with Gasteiger partial charge < -0.3 is 10.8 Å². The van der Waals surface area contributed by atoms with Crippen molar-refractivity contribution in [3.63, 3.8) is 0 Å². The maximum absolute atomic E-state index is 13.6. The molecule has 0 amide bonds. The van der Waals surface area contributed by atoms with Gasteiger partial charge in [0.15, 0.2) is 0 Å². The average Bonchev–Trinajstić information content (AvgIpc) is 2.25. The van der Waals surface area contributed by atoms with Crippen LogP contribution in [-0.2, 0) is 6.18 Å². The van der Waals surface area contributed by atoms with Crippen LogP contribution in [0.5, 0.6) is 0 Å². The Labute approximate surface area is 121 Å². The van der Waals surface area contributed by atoms with Gasteiger partial charge in [-0.2, -0.15) is 13.2 Å². The summed E-state index contributed by atoms with van der Waals surface area (Å²) in [6.45, 7) is 5.01. The molecule has 20 heavy (non-hydrogen) atoms. The maximum Gasteiger partial charge on any atom is 0.416 e. The molecule has 0 aliphatic heterocycles. The first-order valence-corrected chi connectivity index (χ1v) is 5.75. The Bertz CT molecular complexity index is 457. The summed E-state index contributed by atoms with van der Waals surface area (Å²) >= 11 is 0. The lowest BCUT2D eigenvalue weighted by molar-refractivity contribution is -0.137. The van der Waals surface area contributed by atoms with Crippen LogP contribution in [0.3, 0.4) is 0 Å². The molecule has 3 N–H and O–H groups in total. The van der Waals surface area contributed by atoms with Crippen LogP contribution in [0.25, 0.3) is 0 Å². The summed E-state index contributed by atoms with van der Waals surface area (Å²) in [6, 6.07) is 0.791. The van der Waals surface area contributed by atoms with Crippen molar-refractivity contribution in [3.05, 3.63) is 35.1 Å². The number of nitrogens with two attached hydrogens (primary N) is 1. The van der Waals surface area contributed by atoms with Gasteiger partial charge in [-0.1, -0.05) is 20.8 Å². The van der Waals surface area contributed by atoms with Crippen LogP contribution in [0.15, 0.2) is 18.2 Å². The fourth-order valence-corrected chi connectivity index (χ4v) is 1.68. The van der Waals surface area contributed by atoms with Crippen molar-refractivity contribution in [1.82, 2.24) is 0 Å². The summed E-state index contributed by atoms with van der Waals surface area (Å²) in [5.74, 6) is -0.858. The number of hydrogen-bond donors (Lipinski definition) is 2. The van der Waals surface area contributed by atoms with E-state index in [2.05, 4.69) is 0 Å². The lowest BCUT2D eigenvalue weighted by atomic mass is 9.82. The first-order chi connectivity index (χ1) is 8.44. The van der Waals surface area contributed by atoms with E-state index in [1.165, 1.54) is 0 Å². The van der Waals surface area contributed by atoms with E-state index in [0.717, 1.165) is 0 Å². The predicted molar refractivity (Wildman–Crippen MR) is 71.0 cm³/mol. The number of halogens is 5. The Morgan fingerprint density at radius 1 is 1.15 bits per heavy atom. The molecule has 0 aromatic heterocycles. The molecule has 7 heteroatoms. The lowest BCUT2D eigenvalue weighted by Crippen LogP contribution is -2.37. The van der Waals surface area contributed by atoms with Gasteiger partial charge >= 0.3 is 6.18 Å². The Hall–Kier alpha value is -0.850. The van der Waals surface area contributed by atoms with Gasteiger partial charge in [-0.3, -0.25) is 0 Å². The Kier molecular flexibility index (Phi) is 6.02. The number of aliphatic hydroxyl groups is 1. The van der Waals surface area contributed by atoms with Gasteiger partial charge in [0.1, 0.15) is 5.82 Å². The molecule has 2 atom stereocenters. The van der Waals surface area contributed by atoms with Crippen LogP contribution in [-0.4, -0.2) is 11.2 Å². The van der Waals surface area contributed by atoms with E-state index in [-0.39, 0.29) is 18.0 Å². The summed E-state index contributed by atoms with van der Waals surface area (Å²) in [6.07, 6.45) is -5.74. The fourth-order valence-electron chi connectivity index (χ4n) is 1.68. The van der Waals surface area contributed by atoms with Crippen molar-refractivity contribution in [2.24, 2.45) is 11.1 Å². The second kappa shape index (κ2) is 6.28. The van der Waals surface area contributed by atoms with Crippen LogP contribution < -0.4 is 5.73 Å². The van der Waals surface area contributed by atoms with E-state index in [9.17, 15) is 22.7 Å². The topological polar surface area (TPSA) is 46.2 Å². The van der Waals surface area contributed by atoms with Gasteiger partial charge in [0, 0.05) is 5.56 Å². The second-order valence-corrected chi connectivity index (χ2v) is 5.57. The minimum atomic E-state index is -4.57. The number of hydrogen-bond acceptors (Lipinski definition) is 2. The van der Waals surface area contributed by atoms with Crippen molar-refractivity contribution in [3.8, 4) is 0 Å². The van der Waals surface area contributed by atoms with E-state index in [1.807, 2.05) is 0 Å². The van der Waals surface area contributed by atoms with Crippen molar-refractivity contribution in [1.29, 1.82) is 0 Å². The molecule has 0 radical (unpaired) electrons. The highest BCUT2D eigenvalue weighted by atomic mass is 35.5. The molecule has 1 rings (SSSR count). The predicted octanol–water partition coefficient (Wildman–Crippen LogP) is 3.67.